The van der Waals surface area contributed by atoms with Gasteiger partial charge in [0.25, 0.3) is 0 Å². The third-order valence-electron chi connectivity index (χ3n) is 2.25. The standard InChI is InChI=1S/C11H8BrFO/c12-8-2-4-11(13)10(6-8)7-1-3-9(14)5-7/h2,4-6H,1,3H2. The minimum Gasteiger partial charge on any atom is -0.295 e. The largest absolute Gasteiger partial charge is 0.295 e. The first-order valence-electron chi connectivity index (χ1n) is 4.35. The van der Waals surface area contributed by atoms with Crippen LogP contribution in [0.5, 0.6) is 0 Å². The van der Waals surface area contributed by atoms with Gasteiger partial charge >= 0.3 is 0 Å². The van der Waals surface area contributed by atoms with Crippen molar-refractivity contribution in [1.29, 1.82) is 0 Å². The molecule has 1 aromatic carbocycles. The van der Waals surface area contributed by atoms with Crippen LogP contribution in [0, 0.1) is 5.82 Å². The van der Waals surface area contributed by atoms with Gasteiger partial charge in [-0.2, -0.15) is 0 Å². The molecule has 72 valence electrons. The lowest BCUT2D eigenvalue weighted by Crippen LogP contribution is -1.87. The van der Waals surface area contributed by atoms with Crippen molar-refractivity contribution in [2.24, 2.45) is 0 Å². The van der Waals surface area contributed by atoms with Crippen molar-refractivity contribution in [3.8, 4) is 0 Å². The number of allylic oxidation sites excluding steroid dienone is 2. The number of carbonyl (C=O) groups excluding carboxylic acids is 1. The average Bonchev–Trinajstić information content (AvgIpc) is 2.56. The molecular weight excluding hydrogens is 247 g/mol. The van der Waals surface area contributed by atoms with Gasteiger partial charge in [0.1, 0.15) is 5.82 Å². The number of benzene rings is 1. The van der Waals surface area contributed by atoms with E-state index in [4.69, 9.17) is 0 Å². The van der Waals surface area contributed by atoms with E-state index >= 15 is 0 Å². The molecule has 3 heteroatoms. The summed E-state index contributed by atoms with van der Waals surface area (Å²) in [6, 6.07) is 4.76. The second-order valence-corrected chi connectivity index (χ2v) is 4.18. The normalized spacial score (nSPS) is 15.9. The fourth-order valence-electron chi connectivity index (χ4n) is 1.55. The maximum Gasteiger partial charge on any atom is 0.156 e. The summed E-state index contributed by atoms with van der Waals surface area (Å²) in [5.41, 5.74) is 1.33. The van der Waals surface area contributed by atoms with Gasteiger partial charge in [0, 0.05) is 16.5 Å². The molecule has 1 aliphatic carbocycles. The summed E-state index contributed by atoms with van der Waals surface area (Å²) in [5, 5.41) is 0. The molecule has 1 nitrogen and oxygen atoms in total. The minimum absolute atomic E-state index is 0.0828. The minimum atomic E-state index is -0.269. The molecule has 0 aliphatic heterocycles. The highest BCUT2D eigenvalue weighted by Gasteiger charge is 2.16. The molecule has 0 N–H and O–H groups in total. The number of ketones is 1. The Morgan fingerprint density at radius 2 is 2.07 bits per heavy atom. The third kappa shape index (κ3) is 1.77. The van der Waals surface area contributed by atoms with E-state index < -0.39 is 0 Å². The van der Waals surface area contributed by atoms with Crippen molar-refractivity contribution >= 4 is 27.3 Å². The fraction of sp³-hybridized carbons (Fsp3) is 0.182. The Hall–Kier alpha value is -0.960. The second-order valence-electron chi connectivity index (χ2n) is 3.26. The maximum atomic E-state index is 13.4. The quantitative estimate of drug-likeness (QED) is 0.752. The summed E-state index contributed by atoms with van der Waals surface area (Å²) in [6.45, 7) is 0. The van der Waals surface area contributed by atoms with Gasteiger partial charge in [-0.15, -0.1) is 0 Å². The SMILES string of the molecule is O=C1C=C(c2cc(Br)ccc2F)CC1. The molecule has 1 aromatic rings. The van der Waals surface area contributed by atoms with Crippen LogP contribution in [0.25, 0.3) is 5.57 Å². The lowest BCUT2D eigenvalue weighted by molar-refractivity contribution is -0.114. The molecule has 1 aliphatic rings. The van der Waals surface area contributed by atoms with Gasteiger partial charge in [-0.05, 0) is 36.3 Å². The summed E-state index contributed by atoms with van der Waals surface area (Å²) < 4.78 is 14.2. The van der Waals surface area contributed by atoms with Crippen LogP contribution in [-0.4, -0.2) is 5.78 Å². The van der Waals surface area contributed by atoms with E-state index in [1.54, 1.807) is 12.1 Å². The van der Waals surface area contributed by atoms with Crippen LogP contribution in [-0.2, 0) is 4.79 Å². The lowest BCUT2D eigenvalue weighted by Gasteiger charge is -2.03. The molecule has 0 spiro atoms. The van der Waals surface area contributed by atoms with Crippen LogP contribution < -0.4 is 0 Å². The monoisotopic (exact) mass is 254 g/mol. The van der Waals surface area contributed by atoms with E-state index in [2.05, 4.69) is 15.9 Å². The van der Waals surface area contributed by atoms with Crippen molar-refractivity contribution in [1.82, 2.24) is 0 Å². The van der Waals surface area contributed by atoms with E-state index in [1.807, 2.05) is 0 Å². The maximum absolute atomic E-state index is 13.4. The van der Waals surface area contributed by atoms with Crippen LogP contribution in [0.4, 0.5) is 4.39 Å². The van der Waals surface area contributed by atoms with Crippen molar-refractivity contribution < 1.29 is 9.18 Å². The zero-order valence-electron chi connectivity index (χ0n) is 7.39. The Bertz CT molecular complexity index is 423. The Kier molecular flexibility index (Phi) is 2.50. The summed E-state index contributed by atoms with van der Waals surface area (Å²) in [5.74, 6) is -0.187. The van der Waals surface area contributed by atoms with E-state index in [0.717, 1.165) is 10.0 Å². The molecule has 14 heavy (non-hydrogen) atoms. The smallest absolute Gasteiger partial charge is 0.156 e. The van der Waals surface area contributed by atoms with Crippen molar-refractivity contribution in [2.75, 3.05) is 0 Å². The van der Waals surface area contributed by atoms with Gasteiger partial charge in [0.2, 0.25) is 0 Å². The molecule has 0 bridgehead atoms. The van der Waals surface area contributed by atoms with Crippen LogP contribution in [0.2, 0.25) is 0 Å². The van der Waals surface area contributed by atoms with Crippen LogP contribution in [0.3, 0.4) is 0 Å². The number of carbonyl (C=O) groups is 1. The van der Waals surface area contributed by atoms with Gasteiger partial charge < -0.3 is 0 Å². The molecule has 0 fully saturated rings. The predicted molar refractivity (Wildman–Crippen MR) is 56.3 cm³/mol. The lowest BCUT2D eigenvalue weighted by atomic mass is 10.1. The van der Waals surface area contributed by atoms with Gasteiger partial charge in [-0.25, -0.2) is 4.39 Å². The zero-order chi connectivity index (χ0) is 10.1. The molecule has 0 radical (unpaired) electrons. The highest BCUT2D eigenvalue weighted by molar-refractivity contribution is 9.10. The highest BCUT2D eigenvalue weighted by atomic mass is 79.9. The summed E-state index contributed by atoms with van der Waals surface area (Å²) in [4.78, 5) is 11.0. The molecule has 2 rings (SSSR count). The Morgan fingerprint density at radius 3 is 2.71 bits per heavy atom. The fourth-order valence-corrected chi connectivity index (χ4v) is 1.91. The first-order valence-corrected chi connectivity index (χ1v) is 5.15. The van der Waals surface area contributed by atoms with E-state index in [0.29, 0.717) is 18.4 Å². The summed E-state index contributed by atoms with van der Waals surface area (Å²) in [7, 11) is 0. The summed E-state index contributed by atoms with van der Waals surface area (Å²) >= 11 is 3.28. The van der Waals surface area contributed by atoms with Gasteiger partial charge in [-0.3, -0.25) is 4.79 Å². The Labute approximate surface area is 89.8 Å². The highest BCUT2D eigenvalue weighted by Crippen LogP contribution is 2.29. The topological polar surface area (TPSA) is 17.1 Å². The molecule has 0 aromatic heterocycles. The Balaban J connectivity index is 2.46. The summed E-state index contributed by atoms with van der Waals surface area (Å²) in [6.07, 6.45) is 2.68. The molecule has 0 atom stereocenters. The van der Waals surface area contributed by atoms with Crippen LogP contribution >= 0.6 is 15.9 Å². The first-order chi connectivity index (χ1) is 6.66. The predicted octanol–water partition coefficient (Wildman–Crippen LogP) is 3.33. The van der Waals surface area contributed by atoms with Crippen molar-refractivity contribution in [3.63, 3.8) is 0 Å². The van der Waals surface area contributed by atoms with Crippen molar-refractivity contribution in [2.45, 2.75) is 12.8 Å². The van der Waals surface area contributed by atoms with Gasteiger partial charge in [0.15, 0.2) is 5.78 Å². The van der Waals surface area contributed by atoms with Gasteiger partial charge in [-0.1, -0.05) is 15.9 Å². The number of hydrogen-bond acceptors (Lipinski definition) is 1. The second kappa shape index (κ2) is 3.65. The molecule has 0 saturated heterocycles. The molecule has 0 amide bonds. The molecule has 0 unspecified atom stereocenters. The number of hydrogen-bond donors (Lipinski definition) is 0. The third-order valence-corrected chi connectivity index (χ3v) is 2.74. The first kappa shape index (κ1) is 9.59. The average molecular weight is 255 g/mol. The molecular formula is C11H8BrFO. The zero-order valence-corrected chi connectivity index (χ0v) is 8.97. The van der Waals surface area contributed by atoms with Gasteiger partial charge in [0.05, 0.1) is 0 Å². The Morgan fingerprint density at radius 1 is 1.29 bits per heavy atom. The number of halogens is 2. The van der Waals surface area contributed by atoms with Crippen LogP contribution in [0.15, 0.2) is 28.7 Å². The van der Waals surface area contributed by atoms with Crippen molar-refractivity contribution in [3.05, 3.63) is 40.1 Å². The van der Waals surface area contributed by atoms with E-state index in [9.17, 15) is 9.18 Å². The molecule has 0 heterocycles. The van der Waals surface area contributed by atoms with Crippen LogP contribution in [0.1, 0.15) is 18.4 Å². The van der Waals surface area contributed by atoms with E-state index in [1.165, 1.54) is 12.1 Å². The van der Waals surface area contributed by atoms with E-state index in [-0.39, 0.29) is 11.6 Å². The number of rotatable bonds is 1. The molecule has 0 saturated carbocycles.